The number of hydrogen-bond acceptors (Lipinski definition) is 8. The lowest BCUT2D eigenvalue weighted by atomic mass is 9.99. The molecule has 0 unspecified atom stereocenters. The van der Waals surface area contributed by atoms with Crippen LogP contribution in [0.2, 0.25) is 0 Å². The van der Waals surface area contributed by atoms with Crippen LogP contribution >= 0.6 is 11.8 Å². The van der Waals surface area contributed by atoms with Crippen LogP contribution in [0.25, 0.3) is 0 Å². The highest BCUT2D eigenvalue weighted by Crippen LogP contribution is 2.47. The number of fused-ring (bicyclic) bond motifs is 1. The van der Waals surface area contributed by atoms with Gasteiger partial charge in [0.05, 0.1) is 0 Å². The molecule has 2 saturated heterocycles. The number of amides is 3. The average Bonchev–Trinajstić information content (AvgIpc) is 2.79. The maximum absolute atomic E-state index is 12.7. The SMILES string of the molecule is C[C@@H](NC(=O)[C@H]1N2C(=O)[C@@H](O)[C@@H](O)[C@H](O)[C@@H](O)[C@H]2SC1(C)C)C(N)=O. The van der Waals surface area contributed by atoms with Crippen molar-refractivity contribution < 1.29 is 34.8 Å². The lowest BCUT2D eigenvalue weighted by Crippen LogP contribution is -2.59. The highest BCUT2D eigenvalue weighted by Gasteiger charge is 2.60. The first kappa shape index (κ1) is 19.9. The molecule has 10 nitrogen and oxygen atoms in total. The standard InChI is InChI=1S/C14H23N3O7S/c1-4(10(15)22)16-11(23)9-14(2,3)25-13-8(21)6(19)5(18)7(20)12(24)17(9)13/h4-9,13,18-21H,1-3H3,(H2,15,22)(H,16,23)/t4-,5+,6+,7+,8-,9-,13-/m1/s1. The zero-order valence-corrected chi connectivity index (χ0v) is 14.8. The molecule has 7 N–H and O–H groups in total. The summed E-state index contributed by atoms with van der Waals surface area (Å²) in [6, 6.07) is -2.14. The van der Waals surface area contributed by atoms with Crippen LogP contribution in [0.1, 0.15) is 20.8 Å². The number of aliphatic hydroxyl groups is 4. The normalized spacial score (nSPS) is 38.7. The predicted octanol–water partition coefficient (Wildman–Crippen LogP) is -3.52. The molecular weight excluding hydrogens is 354 g/mol. The number of rotatable bonds is 3. The van der Waals surface area contributed by atoms with Crippen LogP contribution in [-0.2, 0) is 14.4 Å². The molecule has 0 bridgehead atoms. The first-order valence-corrected chi connectivity index (χ1v) is 8.60. The van der Waals surface area contributed by atoms with Gasteiger partial charge in [0.2, 0.25) is 11.8 Å². The first-order valence-electron chi connectivity index (χ1n) is 7.72. The third-order valence-electron chi connectivity index (χ3n) is 4.49. The number of hydrogen-bond donors (Lipinski definition) is 6. The Bertz CT molecular complexity index is 587. The molecule has 142 valence electrons. The summed E-state index contributed by atoms with van der Waals surface area (Å²) in [6.45, 7) is 4.69. The molecular formula is C14H23N3O7S. The molecule has 0 saturated carbocycles. The van der Waals surface area contributed by atoms with Gasteiger partial charge in [-0.2, -0.15) is 0 Å². The van der Waals surface area contributed by atoms with E-state index in [0.717, 1.165) is 16.7 Å². The second-order valence-electron chi connectivity index (χ2n) is 6.81. The summed E-state index contributed by atoms with van der Waals surface area (Å²) in [6.07, 6.45) is -7.21. The van der Waals surface area contributed by atoms with Crippen molar-refractivity contribution in [2.24, 2.45) is 5.73 Å². The van der Waals surface area contributed by atoms with E-state index in [1.54, 1.807) is 13.8 Å². The minimum atomic E-state index is -1.99. The molecule has 0 aromatic heterocycles. The molecule has 7 atom stereocenters. The Hall–Kier alpha value is -1.40. The largest absolute Gasteiger partial charge is 0.387 e. The molecule has 2 rings (SSSR count). The number of nitrogens with two attached hydrogens (primary N) is 1. The van der Waals surface area contributed by atoms with Crippen molar-refractivity contribution in [3.8, 4) is 0 Å². The molecule has 0 radical (unpaired) electrons. The van der Waals surface area contributed by atoms with E-state index in [0.29, 0.717) is 0 Å². The summed E-state index contributed by atoms with van der Waals surface area (Å²) in [5.74, 6) is -2.44. The van der Waals surface area contributed by atoms with Gasteiger partial charge in [-0.25, -0.2) is 0 Å². The highest BCUT2D eigenvalue weighted by atomic mass is 32.2. The first-order chi connectivity index (χ1) is 11.4. The van der Waals surface area contributed by atoms with E-state index in [-0.39, 0.29) is 0 Å². The summed E-state index contributed by atoms with van der Waals surface area (Å²) < 4.78 is -0.898. The van der Waals surface area contributed by atoms with Crippen molar-refractivity contribution in [3.63, 3.8) is 0 Å². The number of thioether (sulfide) groups is 1. The van der Waals surface area contributed by atoms with Crippen LogP contribution in [0, 0.1) is 0 Å². The summed E-state index contributed by atoms with van der Waals surface area (Å²) in [5.41, 5.74) is 5.13. The van der Waals surface area contributed by atoms with Crippen molar-refractivity contribution in [1.82, 2.24) is 10.2 Å². The minimum Gasteiger partial charge on any atom is -0.387 e. The molecule has 2 aliphatic heterocycles. The lowest BCUT2D eigenvalue weighted by molar-refractivity contribution is -0.152. The van der Waals surface area contributed by atoms with Crippen LogP contribution in [0.4, 0.5) is 0 Å². The highest BCUT2D eigenvalue weighted by molar-refractivity contribution is 8.01. The number of aliphatic hydroxyl groups excluding tert-OH is 4. The van der Waals surface area contributed by atoms with E-state index in [2.05, 4.69) is 5.32 Å². The van der Waals surface area contributed by atoms with Gasteiger partial charge in [-0.15, -0.1) is 11.8 Å². The Morgan fingerprint density at radius 3 is 2.28 bits per heavy atom. The third kappa shape index (κ3) is 3.34. The predicted molar refractivity (Wildman–Crippen MR) is 86.9 cm³/mol. The maximum Gasteiger partial charge on any atom is 0.255 e. The van der Waals surface area contributed by atoms with Gasteiger partial charge in [0.1, 0.15) is 35.8 Å². The molecule has 11 heteroatoms. The fraction of sp³-hybridized carbons (Fsp3) is 0.786. The monoisotopic (exact) mass is 377 g/mol. The van der Waals surface area contributed by atoms with Gasteiger partial charge in [-0.3, -0.25) is 14.4 Å². The van der Waals surface area contributed by atoms with Crippen molar-refractivity contribution in [1.29, 1.82) is 0 Å². The number of carbonyl (C=O) groups excluding carboxylic acids is 3. The van der Waals surface area contributed by atoms with Gasteiger partial charge in [0.15, 0.2) is 6.10 Å². The number of nitrogens with one attached hydrogen (secondary N) is 1. The Balaban J connectivity index is 2.41. The smallest absolute Gasteiger partial charge is 0.255 e. The van der Waals surface area contributed by atoms with Gasteiger partial charge < -0.3 is 36.4 Å². The van der Waals surface area contributed by atoms with Gasteiger partial charge in [-0.05, 0) is 20.8 Å². The second kappa shape index (κ2) is 6.72. The van der Waals surface area contributed by atoms with Crippen LogP contribution < -0.4 is 11.1 Å². The number of carbonyl (C=O) groups is 3. The summed E-state index contributed by atoms with van der Waals surface area (Å²) in [5, 5.41) is 41.4. The van der Waals surface area contributed by atoms with Gasteiger partial charge in [0.25, 0.3) is 5.91 Å². The van der Waals surface area contributed by atoms with E-state index < -0.39 is 64.3 Å². The van der Waals surface area contributed by atoms with E-state index >= 15 is 0 Å². The summed E-state index contributed by atoms with van der Waals surface area (Å²) in [4.78, 5) is 37.3. The molecule has 3 amide bonds. The molecule has 2 fully saturated rings. The molecule has 0 aliphatic carbocycles. The molecule has 0 aromatic rings. The van der Waals surface area contributed by atoms with Crippen LogP contribution in [0.5, 0.6) is 0 Å². The fourth-order valence-electron chi connectivity index (χ4n) is 3.06. The van der Waals surface area contributed by atoms with Crippen molar-refractivity contribution in [2.45, 2.75) is 67.4 Å². The summed E-state index contributed by atoms with van der Waals surface area (Å²) in [7, 11) is 0. The minimum absolute atomic E-state index is 0.690. The lowest BCUT2D eigenvalue weighted by Gasteiger charge is -2.33. The van der Waals surface area contributed by atoms with E-state index in [1.807, 2.05) is 0 Å². The van der Waals surface area contributed by atoms with Gasteiger partial charge in [-0.1, -0.05) is 0 Å². The Morgan fingerprint density at radius 2 is 1.76 bits per heavy atom. The Morgan fingerprint density at radius 1 is 1.20 bits per heavy atom. The number of nitrogens with zero attached hydrogens (tertiary/aromatic N) is 1. The van der Waals surface area contributed by atoms with Crippen LogP contribution in [-0.4, -0.2) is 89.7 Å². The van der Waals surface area contributed by atoms with E-state index in [9.17, 15) is 34.8 Å². The fourth-order valence-corrected chi connectivity index (χ4v) is 4.67. The molecule has 2 heterocycles. The maximum atomic E-state index is 12.7. The average molecular weight is 377 g/mol. The van der Waals surface area contributed by atoms with E-state index in [4.69, 9.17) is 5.73 Å². The topological polar surface area (TPSA) is 173 Å². The molecule has 0 aromatic carbocycles. The summed E-state index contributed by atoms with van der Waals surface area (Å²) >= 11 is 1.05. The van der Waals surface area contributed by atoms with Gasteiger partial charge >= 0.3 is 0 Å². The van der Waals surface area contributed by atoms with Crippen LogP contribution in [0.3, 0.4) is 0 Å². The number of primary amides is 1. The molecule has 0 spiro atoms. The van der Waals surface area contributed by atoms with Gasteiger partial charge in [0, 0.05) is 4.75 Å². The third-order valence-corrected chi connectivity index (χ3v) is 6.07. The molecule has 2 aliphatic rings. The van der Waals surface area contributed by atoms with Crippen molar-refractivity contribution in [2.75, 3.05) is 0 Å². The zero-order valence-electron chi connectivity index (χ0n) is 14.0. The quantitative estimate of drug-likeness (QED) is 0.293. The Kier molecular flexibility index (Phi) is 5.36. The molecule has 25 heavy (non-hydrogen) atoms. The van der Waals surface area contributed by atoms with Crippen molar-refractivity contribution in [3.05, 3.63) is 0 Å². The second-order valence-corrected chi connectivity index (χ2v) is 8.58. The Labute approximate surface area is 148 Å². The van der Waals surface area contributed by atoms with E-state index in [1.165, 1.54) is 6.92 Å². The zero-order chi connectivity index (χ0) is 19.3. The van der Waals surface area contributed by atoms with Crippen molar-refractivity contribution >= 4 is 29.5 Å². The van der Waals surface area contributed by atoms with Crippen LogP contribution in [0.15, 0.2) is 0 Å².